The first-order valence-electron chi connectivity index (χ1n) is 10.9. The van der Waals surface area contributed by atoms with E-state index in [1.54, 1.807) is 23.1 Å². The highest BCUT2D eigenvalue weighted by Crippen LogP contribution is 2.29. The maximum atomic E-state index is 5.98. The zero-order chi connectivity index (χ0) is 23.2. The van der Waals surface area contributed by atoms with Crippen LogP contribution in [0.2, 0.25) is 0 Å². The molecule has 2 aromatic carbocycles. The lowest BCUT2D eigenvalue weighted by Gasteiger charge is -2.10. The Balaban J connectivity index is 1.41. The Bertz CT molecular complexity index is 1210. The molecule has 0 aliphatic heterocycles. The number of ether oxygens (including phenoxy) is 1. The van der Waals surface area contributed by atoms with E-state index in [0.717, 1.165) is 33.2 Å². The van der Waals surface area contributed by atoms with Crippen LogP contribution in [0.5, 0.6) is 5.75 Å². The third-order valence-corrected chi connectivity index (χ3v) is 7.22. The van der Waals surface area contributed by atoms with E-state index in [0.29, 0.717) is 19.1 Å². The number of thiazole rings is 1. The van der Waals surface area contributed by atoms with E-state index in [1.807, 2.05) is 18.2 Å². The van der Waals surface area contributed by atoms with E-state index >= 15 is 0 Å². The van der Waals surface area contributed by atoms with Crippen molar-refractivity contribution in [1.29, 1.82) is 0 Å². The molecule has 0 fully saturated rings. The average Bonchev–Trinajstić information content (AvgIpc) is 3.44. The highest BCUT2D eigenvalue weighted by atomic mass is 32.2. The van der Waals surface area contributed by atoms with Crippen LogP contribution in [0.4, 0.5) is 0 Å². The molecule has 0 unspecified atom stereocenters. The van der Waals surface area contributed by atoms with Crippen molar-refractivity contribution in [2.45, 2.75) is 50.8 Å². The van der Waals surface area contributed by atoms with E-state index in [2.05, 4.69) is 83.9 Å². The molecule has 170 valence electrons. The summed E-state index contributed by atoms with van der Waals surface area (Å²) in [7, 11) is 0. The van der Waals surface area contributed by atoms with Crippen LogP contribution in [0.25, 0.3) is 10.6 Å². The maximum absolute atomic E-state index is 5.98. The van der Waals surface area contributed by atoms with Crippen LogP contribution >= 0.6 is 23.1 Å². The van der Waals surface area contributed by atoms with E-state index in [4.69, 9.17) is 9.72 Å². The molecule has 0 bridgehead atoms. The Kier molecular flexibility index (Phi) is 7.62. The molecule has 7 heteroatoms. The Morgan fingerprint density at radius 3 is 2.64 bits per heavy atom. The fourth-order valence-electron chi connectivity index (χ4n) is 3.39. The monoisotopic (exact) mass is 476 g/mol. The minimum Gasteiger partial charge on any atom is -0.486 e. The number of benzene rings is 2. The van der Waals surface area contributed by atoms with Gasteiger partial charge in [-0.05, 0) is 36.1 Å². The molecular weight excluding hydrogens is 448 g/mol. The smallest absolute Gasteiger partial charge is 0.191 e. The fraction of sp³-hybridized carbons (Fsp3) is 0.269. The summed E-state index contributed by atoms with van der Waals surface area (Å²) in [6, 6.07) is 16.6. The molecule has 4 rings (SSSR count). The van der Waals surface area contributed by atoms with Gasteiger partial charge in [0.15, 0.2) is 11.0 Å². The van der Waals surface area contributed by atoms with E-state index in [-0.39, 0.29) is 0 Å². The summed E-state index contributed by atoms with van der Waals surface area (Å²) in [6.07, 6.45) is 1.85. The van der Waals surface area contributed by atoms with Crippen molar-refractivity contribution in [3.8, 4) is 16.3 Å². The van der Waals surface area contributed by atoms with Crippen molar-refractivity contribution < 1.29 is 4.74 Å². The molecule has 0 spiro atoms. The lowest BCUT2D eigenvalue weighted by atomic mass is 10.0. The third-order valence-electron chi connectivity index (χ3n) is 5.30. The molecule has 0 amide bonds. The molecule has 0 aliphatic carbocycles. The van der Waals surface area contributed by atoms with Crippen molar-refractivity contribution in [1.82, 2.24) is 19.7 Å². The summed E-state index contributed by atoms with van der Waals surface area (Å²) >= 11 is 3.31. The molecule has 0 saturated carbocycles. The second kappa shape index (κ2) is 10.8. The van der Waals surface area contributed by atoms with Crippen molar-refractivity contribution in [2.75, 3.05) is 0 Å². The van der Waals surface area contributed by atoms with Gasteiger partial charge in [0.05, 0.1) is 5.69 Å². The van der Waals surface area contributed by atoms with Crippen LogP contribution in [0.15, 0.2) is 71.7 Å². The number of allylic oxidation sites excluding steroid dienone is 1. The molecule has 0 aliphatic rings. The number of aryl methyl sites for hydroxylation is 1. The first-order valence-corrected chi connectivity index (χ1v) is 12.8. The van der Waals surface area contributed by atoms with Crippen LogP contribution in [-0.2, 0) is 18.9 Å². The van der Waals surface area contributed by atoms with Crippen LogP contribution in [0.3, 0.4) is 0 Å². The summed E-state index contributed by atoms with van der Waals surface area (Å²) in [5.74, 6) is 2.84. The number of rotatable bonds is 10. The summed E-state index contributed by atoms with van der Waals surface area (Å²) in [4.78, 5) is 4.83. The quantitative estimate of drug-likeness (QED) is 0.184. The Morgan fingerprint density at radius 2 is 1.91 bits per heavy atom. The van der Waals surface area contributed by atoms with E-state index in [1.165, 1.54) is 16.7 Å². The lowest BCUT2D eigenvalue weighted by Crippen LogP contribution is -2.07. The molecule has 0 N–H and O–H groups in total. The number of nitrogens with zero attached hydrogens (tertiary/aromatic N) is 4. The zero-order valence-corrected chi connectivity index (χ0v) is 20.8. The van der Waals surface area contributed by atoms with Gasteiger partial charge in [-0.2, -0.15) is 0 Å². The van der Waals surface area contributed by atoms with Gasteiger partial charge in [0.1, 0.15) is 17.4 Å². The summed E-state index contributed by atoms with van der Waals surface area (Å²) in [5, 5.41) is 12.8. The minimum atomic E-state index is 0.358. The highest BCUT2D eigenvalue weighted by molar-refractivity contribution is 7.98. The molecule has 0 saturated heterocycles. The molecule has 4 aromatic rings. The average molecular weight is 477 g/mol. The van der Waals surface area contributed by atoms with Gasteiger partial charge in [0.2, 0.25) is 0 Å². The number of hydrogen-bond donors (Lipinski definition) is 0. The Labute approximate surface area is 203 Å². The number of thioether (sulfide) groups is 1. The van der Waals surface area contributed by atoms with Gasteiger partial charge in [0.25, 0.3) is 0 Å². The van der Waals surface area contributed by atoms with Crippen molar-refractivity contribution >= 4 is 23.1 Å². The van der Waals surface area contributed by atoms with Crippen molar-refractivity contribution in [2.24, 2.45) is 0 Å². The van der Waals surface area contributed by atoms with Crippen LogP contribution in [-0.4, -0.2) is 19.7 Å². The number of hydrogen-bond acceptors (Lipinski definition) is 6. The van der Waals surface area contributed by atoms with Gasteiger partial charge in [-0.25, -0.2) is 4.98 Å². The van der Waals surface area contributed by atoms with Crippen LogP contribution in [0, 0.1) is 6.92 Å². The Hall–Kier alpha value is -2.90. The number of aromatic nitrogens is 4. The van der Waals surface area contributed by atoms with Crippen molar-refractivity contribution in [3.63, 3.8) is 0 Å². The topological polar surface area (TPSA) is 52.8 Å². The van der Waals surface area contributed by atoms with Crippen LogP contribution in [0.1, 0.15) is 42.4 Å². The molecule has 0 atom stereocenters. The minimum absolute atomic E-state index is 0.358. The first kappa shape index (κ1) is 23.3. The van der Waals surface area contributed by atoms with Crippen LogP contribution < -0.4 is 4.74 Å². The van der Waals surface area contributed by atoms with Gasteiger partial charge in [-0.15, -0.1) is 28.1 Å². The predicted molar refractivity (Wildman–Crippen MR) is 137 cm³/mol. The fourth-order valence-corrected chi connectivity index (χ4v) is 5.26. The highest BCUT2D eigenvalue weighted by Gasteiger charge is 2.14. The second-order valence-electron chi connectivity index (χ2n) is 8.06. The normalized spacial score (nSPS) is 11.2. The summed E-state index contributed by atoms with van der Waals surface area (Å²) in [5.41, 5.74) is 4.76. The van der Waals surface area contributed by atoms with E-state index < -0.39 is 0 Å². The Morgan fingerprint density at radius 1 is 1.12 bits per heavy atom. The zero-order valence-electron chi connectivity index (χ0n) is 19.2. The molecule has 0 radical (unpaired) electrons. The van der Waals surface area contributed by atoms with Gasteiger partial charge in [-0.1, -0.05) is 68.1 Å². The SMILES string of the molecule is C=CCn1c(COc2ccc(C(C)C)cc2)nnc1SCc1csc(-c2ccccc2C)n1. The van der Waals surface area contributed by atoms with E-state index in [9.17, 15) is 0 Å². The van der Waals surface area contributed by atoms with Gasteiger partial charge in [-0.3, -0.25) is 4.57 Å². The summed E-state index contributed by atoms with van der Waals surface area (Å²) < 4.78 is 8.03. The standard InChI is InChI=1S/C26H28N4OS2/c1-5-14-30-24(15-31-22-12-10-20(11-13-22)18(2)3)28-29-26(30)33-17-21-16-32-25(27-21)23-9-7-6-8-19(23)4/h5-13,16,18H,1,14-15,17H2,2-4H3. The summed E-state index contributed by atoms with van der Waals surface area (Å²) in [6.45, 7) is 11.4. The lowest BCUT2D eigenvalue weighted by molar-refractivity contribution is 0.289. The second-order valence-corrected chi connectivity index (χ2v) is 9.86. The van der Waals surface area contributed by atoms with Gasteiger partial charge in [0, 0.05) is 23.2 Å². The first-order chi connectivity index (χ1) is 16.0. The van der Waals surface area contributed by atoms with Gasteiger partial charge < -0.3 is 4.74 Å². The largest absolute Gasteiger partial charge is 0.486 e. The predicted octanol–water partition coefficient (Wildman–Crippen LogP) is 6.89. The molecule has 33 heavy (non-hydrogen) atoms. The molecule has 2 heterocycles. The third kappa shape index (κ3) is 5.72. The molecular formula is C26H28N4OS2. The molecule has 2 aromatic heterocycles. The van der Waals surface area contributed by atoms with Crippen molar-refractivity contribution in [3.05, 3.63) is 89.2 Å². The van der Waals surface area contributed by atoms with Gasteiger partial charge >= 0.3 is 0 Å². The molecule has 5 nitrogen and oxygen atoms in total. The maximum Gasteiger partial charge on any atom is 0.191 e.